The van der Waals surface area contributed by atoms with Crippen LogP contribution in [0.15, 0.2) is 61.6 Å². The Hall–Kier alpha value is -4.80. The van der Waals surface area contributed by atoms with Crippen molar-refractivity contribution < 1.29 is 18.0 Å². The lowest BCUT2D eigenvalue weighted by Crippen LogP contribution is -2.31. The van der Waals surface area contributed by atoms with Gasteiger partial charge in [0.15, 0.2) is 0 Å². The minimum Gasteiger partial charge on any atom is -0.355 e. The van der Waals surface area contributed by atoms with Crippen LogP contribution >= 0.6 is 11.3 Å². The summed E-state index contributed by atoms with van der Waals surface area (Å²) in [6.45, 7) is 12.6. The summed E-state index contributed by atoms with van der Waals surface area (Å²) in [4.78, 5) is 30.3. The number of rotatable bonds is 9. The maximum absolute atomic E-state index is 13.1. The van der Waals surface area contributed by atoms with E-state index in [1.165, 1.54) is 23.5 Å². The Kier molecular flexibility index (Phi) is 8.86. The second kappa shape index (κ2) is 13.2. The van der Waals surface area contributed by atoms with Gasteiger partial charge in [0, 0.05) is 66.0 Å². The second-order valence-corrected chi connectivity index (χ2v) is 14.8. The normalized spacial score (nSPS) is 18.7. The number of carbonyl (C=O) groups excluding carboxylic acids is 1. The van der Waals surface area contributed by atoms with Gasteiger partial charge in [-0.2, -0.15) is 18.4 Å². The summed E-state index contributed by atoms with van der Waals surface area (Å²) in [6.07, 6.45) is 1.25. The van der Waals surface area contributed by atoms with Crippen LogP contribution in [0.3, 0.4) is 0 Å². The third-order valence-corrected chi connectivity index (χ3v) is 11.3. The maximum atomic E-state index is 13.1. The van der Waals surface area contributed by atoms with E-state index in [9.17, 15) is 23.2 Å². The number of fused-ring (bicyclic) bond motifs is 2. The van der Waals surface area contributed by atoms with E-state index >= 15 is 0 Å². The van der Waals surface area contributed by atoms with E-state index < -0.39 is 12.6 Å². The van der Waals surface area contributed by atoms with Crippen LogP contribution in [0.5, 0.6) is 0 Å². The summed E-state index contributed by atoms with van der Waals surface area (Å²) in [5, 5.41) is 14.5. The molecule has 2 fully saturated rings. The molecule has 50 heavy (non-hydrogen) atoms. The molecule has 13 heteroatoms. The Morgan fingerprint density at radius 1 is 1.14 bits per heavy atom. The first kappa shape index (κ1) is 33.7. The second-order valence-electron chi connectivity index (χ2n) is 13.7. The van der Waals surface area contributed by atoms with Crippen LogP contribution < -0.4 is 10.2 Å². The zero-order chi connectivity index (χ0) is 35.2. The molecule has 0 radical (unpaired) electrons. The van der Waals surface area contributed by atoms with Crippen molar-refractivity contribution in [3.05, 3.63) is 88.8 Å². The van der Waals surface area contributed by atoms with Crippen LogP contribution in [0.2, 0.25) is 0 Å². The van der Waals surface area contributed by atoms with Gasteiger partial charge in [0.05, 0.1) is 11.8 Å². The smallest absolute Gasteiger partial charge is 0.355 e. The van der Waals surface area contributed by atoms with Gasteiger partial charge in [0.25, 0.3) is 0 Å². The van der Waals surface area contributed by atoms with Gasteiger partial charge < -0.3 is 14.8 Å². The Bertz CT molecular complexity index is 2130. The van der Waals surface area contributed by atoms with Crippen molar-refractivity contribution in [2.45, 2.75) is 58.3 Å². The number of alkyl halides is 3. The standard InChI is InChI=1S/C37H37F3N8OS/c1-4-33(49)45-32-8-6-25(17-42-32)23(2)18-48-27(16-41)13-29-24(3)26(5-7-31(29)48)19-46-11-9-36(20-46)10-12-47(21-36)34-30-14-28(15-37(38,39)40)50-35(30)44-22-43-34/h4-8,13-14,17,22-23H,1,9-12,15,18-21H2,2-3H3,(H,42,45,49). The Morgan fingerprint density at radius 2 is 1.96 bits per heavy atom. The summed E-state index contributed by atoms with van der Waals surface area (Å²) < 4.78 is 41.3. The van der Waals surface area contributed by atoms with E-state index in [0.29, 0.717) is 28.3 Å². The van der Waals surface area contributed by atoms with Gasteiger partial charge in [-0.15, -0.1) is 11.3 Å². The third-order valence-electron chi connectivity index (χ3n) is 10.2. The highest BCUT2D eigenvalue weighted by Crippen LogP contribution is 2.43. The lowest BCUT2D eigenvalue weighted by Gasteiger charge is -2.26. The number of hydrogen-bond donors (Lipinski definition) is 1. The molecule has 2 aliphatic rings. The summed E-state index contributed by atoms with van der Waals surface area (Å²) in [5.74, 6) is 0.943. The van der Waals surface area contributed by atoms with Crippen LogP contribution in [-0.4, -0.2) is 62.7 Å². The highest BCUT2D eigenvalue weighted by Gasteiger charge is 2.44. The molecule has 1 aromatic carbocycles. The van der Waals surface area contributed by atoms with Crippen molar-refractivity contribution in [1.29, 1.82) is 5.26 Å². The average Bonchev–Trinajstić information content (AvgIpc) is 3.87. The van der Waals surface area contributed by atoms with E-state index in [1.54, 1.807) is 18.3 Å². The molecule has 2 atom stereocenters. The minimum absolute atomic E-state index is 0.0706. The summed E-state index contributed by atoms with van der Waals surface area (Å²) in [5.41, 5.74) is 5.12. The van der Waals surface area contributed by atoms with Gasteiger partial charge in [0.2, 0.25) is 5.91 Å². The monoisotopic (exact) mass is 698 g/mol. The molecule has 258 valence electrons. The molecule has 2 saturated heterocycles. The van der Waals surface area contributed by atoms with E-state index in [-0.39, 0.29) is 22.1 Å². The number of aryl methyl sites for hydroxylation is 1. The van der Waals surface area contributed by atoms with Crippen LogP contribution in [0.25, 0.3) is 21.1 Å². The van der Waals surface area contributed by atoms with E-state index in [1.807, 2.05) is 12.1 Å². The number of halogens is 3. The number of likely N-dealkylation sites (tertiary alicyclic amines) is 1. The van der Waals surface area contributed by atoms with Crippen molar-refractivity contribution in [2.75, 3.05) is 36.4 Å². The summed E-state index contributed by atoms with van der Waals surface area (Å²) in [7, 11) is 0. The van der Waals surface area contributed by atoms with Crippen LogP contribution in [-0.2, 0) is 24.3 Å². The minimum atomic E-state index is -4.26. The van der Waals surface area contributed by atoms with Crippen LogP contribution in [0.4, 0.5) is 24.8 Å². The predicted molar refractivity (Wildman–Crippen MR) is 189 cm³/mol. The Morgan fingerprint density at radius 3 is 2.70 bits per heavy atom. The number of amides is 1. The molecular weight excluding hydrogens is 662 g/mol. The fourth-order valence-electron chi connectivity index (χ4n) is 7.59. The first-order valence-electron chi connectivity index (χ1n) is 16.6. The Balaban J connectivity index is 1.04. The molecule has 1 amide bonds. The number of thiophene rings is 1. The molecule has 7 rings (SSSR count). The van der Waals surface area contributed by atoms with E-state index in [2.05, 4.69) is 73.3 Å². The molecule has 2 unspecified atom stereocenters. The molecule has 0 saturated carbocycles. The number of benzene rings is 1. The zero-order valence-corrected chi connectivity index (χ0v) is 28.7. The number of nitriles is 1. The molecule has 6 heterocycles. The summed E-state index contributed by atoms with van der Waals surface area (Å²) >= 11 is 1.09. The largest absolute Gasteiger partial charge is 0.393 e. The highest BCUT2D eigenvalue weighted by atomic mass is 32.1. The van der Waals surface area contributed by atoms with E-state index in [4.69, 9.17) is 0 Å². The fraction of sp³-hybridized carbons (Fsp3) is 0.378. The Labute approximate surface area is 292 Å². The number of anilines is 2. The number of carbonyl (C=O) groups is 1. The van der Waals surface area contributed by atoms with Gasteiger partial charge in [-0.05, 0) is 73.3 Å². The molecule has 0 bridgehead atoms. The van der Waals surface area contributed by atoms with Crippen molar-refractivity contribution in [2.24, 2.45) is 5.41 Å². The molecule has 1 spiro atoms. The summed E-state index contributed by atoms with van der Waals surface area (Å²) in [6, 6.07) is 14.0. The fourth-order valence-corrected chi connectivity index (χ4v) is 8.61. The number of aromatic nitrogens is 4. The topological polar surface area (TPSA) is 103 Å². The predicted octanol–water partition coefficient (Wildman–Crippen LogP) is 7.36. The number of nitrogens with one attached hydrogen (secondary N) is 1. The average molecular weight is 699 g/mol. The van der Waals surface area contributed by atoms with E-state index in [0.717, 1.165) is 79.2 Å². The van der Waals surface area contributed by atoms with Gasteiger partial charge in [-0.1, -0.05) is 25.6 Å². The molecular formula is C37H37F3N8OS. The van der Waals surface area contributed by atoms with Crippen molar-refractivity contribution in [3.8, 4) is 6.07 Å². The zero-order valence-electron chi connectivity index (χ0n) is 27.9. The molecule has 5 aromatic rings. The lowest BCUT2D eigenvalue weighted by molar-refractivity contribution is -0.126. The molecule has 4 aromatic heterocycles. The molecule has 2 aliphatic heterocycles. The number of hydrogen-bond acceptors (Lipinski definition) is 8. The highest BCUT2D eigenvalue weighted by molar-refractivity contribution is 7.18. The quantitative estimate of drug-likeness (QED) is 0.161. The number of nitrogens with zero attached hydrogens (tertiary/aromatic N) is 7. The maximum Gasteiger partial charge on any atom is 0.393 e. The SMILES string of the molecule is C=CC(=O)Nc1ccc(C(C)Cn2c(C#N)cc3c(C)c(CN4CCC5(CCN(c6ncnc7sc(CC(F)(F)F)cc67)C5)C4)ccc32)cn1. The molecule has 9 nitrogen and oxygen atoms in total. The first-order valence-corrected chi connectivity index (χ1v) is 17.4. The van der Waals surface area contributed by atoms with Crippen molar-refractivity contribution in [1.82, 2.24) is 24.4 Å². The van der Waals surface area contributed by atoms with Crippen molar-refractivity contribution in [3.63, 3.8) is 0 Å². The van der Waals surface area contributed by atoms with Gasteiger partial charge in [0.1, 0.15) is 34.6 Å². The lowest BCUT2D eigenvalue weighted by atomic mass is 9.86. The van der Waals surface area contributed by atoms with Gasteiger partial charge in [-0.3, -0.25) is 9.69 Å². The molecule has 1 N–H and O–H groups in total. The molecule has 0 aliphatic carbocycles. The third kappa shape index (κ3) is 6.69. The first-order chi connectivity index (χ1) is 23.9. The van der Waals surface area contributed by atoms with Crippen LogP contribution in [0.1, 0.15) is 52.9 Å². The number of pyridine rings is 1. The van der Waals surface area contributed by atoms with Gasteiger partial charge >= 0.3 is 6.18 Å². The van der Waals surface area contributed by atoms with Gasteiger partial charge in [-0.25, -0.2) is 15.0 Å². The van der Waals surface area contributed by atoms with Crippen LogP contribution in [0, 0.1) is 23.7 Å². The van der Waals surface area contributed by atoms with Crippen molar-refractivity contribution >= 4 is 50.0 Å².